The van der Waals surface area contributed by atoms with Gasteiger partial charge in [0.2, 0.25) is 17.7 Å². The lowest BCUT2D eigenvalue weighted by molar-refractivity contribution is -0.134. The van der Waals surface area contributed by atoms with Crippen molar-refractivity contribution >= 4 is 12.1 Å². The van der Waals surface area contributed by atoms with E-state index in [1.165, 1.54) is 7.11 Å². The lowest BCUT2D eigenvalue weighted by atomic mass is 10.1. The SMILES string of the molecule is COc1ncc(-c2nc3c(c(O[C@H]4CCN(C(=O)C5CCCC5)C4)n2)C=NCC3)cc1C#N. The van der Waals surface area contributed by atoms with Gasteiger partial charge in [0.25, 0.3) is 0 Å². The first kappa shape index (κ1) is 21.3. The van der Waals surface area contributed by atoms with Crippen LogP contribution in [0.5, 0.6) is 11.8 Å². The number of carbonyl (C=O) groups is 1. The Morgan fingerprint density at radius 1 is 1.21 bits per heavy atom. The average molecular weight is 447 g/mol. The van der Waals surface area contributed by atoms with Gasteiger partial charge in [-0.3, -0.25) is 9.79 Å². The summed E-state index contributed by atoms with van der Waals surface area (Å²) in [6.07, 6.45) is 8.99. The number of rotatable bonds is 5. The van der Waals surface area contributed by atoms with E-state index in [1.54, 1.807) is 18.5 Å². The van der Waals surface area contributed by atoms with Gasteiger partial charge in [-0.1, -0.05) is 12.8 Å². The van der Waals surface area contributed by atoms with Gasteiger partial charge < -0.3 is 14.4 Å². The second-order valence-corrected chi connectivity index (χ2v) is 8.68. The third kappa shape index (κ3) is 4.25. The minimum Gasteiger partial charge on any atom is -0.480 e. The van der Waals surface area contributed by atoms with E-state index in [2.05, 4.69) is 21.0 Å². The standard InChI is InChI=1S/C24H26N6O3/c1-32-22-16(11-25)10-17(12-27-22)21-28-20-6-8-26-13-19(20)23(29-21)33-18-7-9-30(14-18)24(31)15-4-2-3-5-15/h10,12-13,15,18H,2-9,14H2,1H3/t18-/m0/s1. The van der Waals surface area contributed by atoms with Gasteiger partial charge in [-0.15, -0.1) is 0 Å². The first-order chi connectivity index (χ1) is 16.2. The smallest absolute Gasteiger partial charge is 0.231 e. The van der Waals surface area contributed by atoms with E-state index in [4.69, 9.17) is 14.5 Å². The number of aromatic nitrogens is 3. The Hall–Kier alpha value is -3.54. The number of aliphatic imine (C=N–C) groups is 1. The summed E-state index contributed by atoms with van der Waals surface area (Å²) in [4.78, 5) is 32.7. The van der Waals surface area contributed by atoms with Crippen molar-refractivity contribution in [1.82, 2.24) is 19.9 Å². The predicted octanol–water partition coefficient (Wildman–Crippen LogP) is 2.56. The number of amides is 1. The summed E-state index contributed by atoms with van der Waals surface area (Å²) in [5, 5.41) is 9.42. The molecule has 0 unspecified atom stereocenters. The highest BCUT2D eigenvalue weighted by Gasteiger charge is 2.34. The normalized spacial score (nSPS) is 19.9. The molecule has 3 aliphatic rings. The van der Waals surface area contributed by atoms with Gasteiger partial charge in [0.1, 0.15) is 17.7 Å². The summed E-state index contributed by atoms with van der Waals surface area (Å²) in [6.45, 7) is 1.94. The summed E-state index contributed by atoms with van der Waals surface area (Å²) < 4.78 is 11.5. The van der Waals surface area contributed by atoms with Crippen molar-refractivity contribution in [2.24, 2.45) is 10.9 Å². The van der Waals surface area contributed by atoms with Gasteiger partial charge >= 0.3 is 0 Å². The molecule has 170 valence electrons. The molecule has 9 heteroatoms. The molecule has 5 rings (SSSR count). The topological polar surface area (TPSA) is 114 Å². The molecular formula is C24H26N6O3. The number of pyridine rings is 1. The van der Waals surface area contributed by atoms with E-state index in [9.17, 15) is 10.1 Å². The average Bonchev–Trinajstić information content (AvgIpc) is 3.56. The molecule has 0 N–H and O–H groups in total. The summed E-state index contributed by atoms with van der Waals surface area (Å²) in [7, 11) is 1.48. The maximum atomic E-state index is 12.8. The molecule has 0 bridgehead atoms. The van der Waals surface area contributed by atoms with Gasteiger partial charge in [0, 0.05) is 49.8 Å². The number of nitrogens with zero attached hydrogens (tertiary/aromatic N) is 6. The van der Waals surface area contributed by atoms with Crippen LogP contribution in [0.4, 0.5) is 0 Å². The molecule has 1 saturated carbocycles. The predicted molar refractivity (Wildman–Crippen MR) is 120 cm³/mol. The highest BCUT2D eigenvalue weighted by atomic mass is 16.5. The minimum absolute atomic E-state index is 0.124. The molecule has 33 heavy (non-hydrogen) atoms. The van der Waals surface area contributed by atoms with Crippen molar-refractivity contribution < 1.29 is 14.3 Å². The molecule has 1 aliphatic carbocycles. The van der Waals surface area contributed by atoms with Crippen molar-refractivity contribution in [2.45, 2.75) is 44.6 Å². The summed E-state index contributed by atoms with van der Waals surface area (Å²) in [5.41, 5.74) is 2.58. The van der Waals surface area contributed by atoms with E-state index in [1.807, 2.05) is 4.90 Å². The fourth-order valence-electron chi connectivity index (χ4n) is 4.79. The molecule has 0 radical (unpaired) electrons. The third-order valence-corrected chi connectivity index (χ3v) is 6.55. The molecule has 0 spiro atoms. The van der Waals surface area contributed by atoms with Gasteiger partial charge in [-0.05, 0) is 18.9 Å². The zero-order valence-corrected chi connectivity index (χ0v) is 18.7. The summed E-state index contributed by atoms with van der Waals surface area (Å²) >= 11 is 0. The molecular weight excluding hydrogens is 420 g/mol. The highest BCUT2D eigenvalue weighted by Crippen LogP contribution is 2.31. The molecule has 4 heterocycles. The van der Waals surface area contributed by atoms with Gasteiger partial charge in [0.15, 0.2) is 5.82 Å². The zero-order valence-electron chi connectivity index (χ0n) is 18.7. The number of hydrogen-bond donors (Lipinski definition) is 0. The van der Waals surface area contributed by atoms with Crippen molar-refractivity contribution in [3.8, 4) is 29.2 Å². The number of likely N-dealkylation sites (tertiary alicyclic amines) is 1. The fourth-order valence-corrected chi connectivity index (χ4v) is 4.79. The number of hydrogen-bond acceptors (Lipinski definition) is 8. The second kappa shape index (κ2) is 9.14. The molecule has 2 fully saturated rings. The van der Waals surface area contributed by atoms with Crippen LogP contribution in [0, 0.1) is 17.2 Å². The van der Waals surface area contributed by atoms with Crippen LogP contribution in [-0.4, -0.2) is 64.8 Å². The quantitative estimate of drug-likeness (QED) is 0.693. The Balaban J connectivity index is 1.40. The van der Waals surface area contributed by atoms with Crippen LogP contribution in [0.1, 0.15) is 48.9 Å². The molecule has 9 nitrogen and oxygen atoms in total. The lowest BCUT2D eigenvalue weighted by Crippen LogP contribution is -2.35. The molecule has 2 aromatic rings. The largest absolute Gasteiger partial charge is 0.480 e. The van der Waals surface area contributed by atoms with Crippen LogP contribution in [0.3, 0.4) is 0 Å². The van der Waals surface area contributed by atoms with E-state index in [0.29, 0.717) is 48.9 Å². The fraction of sp³-hybridized carbons (Fsp3) is 0.500. The first-order valence-corrected chi connectivity index (χ1v) is 11.5. The maximum Gasteiger partial charge on any atom is 0.231 e. The lowest BCUT2D eigenvalue weighted by Gasteiger charge is -2.21. The second-order valence-electron chi connectivity index (χ2n) is 8.68. The van der Waals surface area contributed by atoms with Crippen molar-refractivity contribution in [2.75, 3.05) is 26.7 Å². The van der Waals surface area contributed by atoms with Gasteiger partial charge in [-0.25, -0.2) is 9.97 Å². The molecule has 1 amide bonds. The van der Waals surface area contributed by atoms with Crippen LogP contribution < -0.4 is 9.47 Å². The number of carbonyl (C=O) groups excluding carboxylic acids is 1. The molecule has 0 aromatic carbocycles. The number of nitriles is 1. The third-order valence-electron chi connectivity index (χ3n) is 6.55. The van der Waals surface area contributed by atoms with Crippen molar-refractivity contribution in [1.29, 1.82) is 5.26 Å². The number of ether oxygens (including phenoxy) is 2. The number of fused-ring (bicyclic) bond motifs is 1. The van der Waals surface area contributed by atoms with Gasteiger partial charge in [0.05, 0.1) is 24.9 Å². The Morgan fingerprint density at radius 2 is 2.06 bits per heavy atom. The Kier molecular flexibility index (Phi) is 5.90. The van der Waals surface area contributed by atoms with E-state index < -0.39 is 0 Å². The van der Waals surface area contributed by atoms with Crippen molar-refractivity contribution in [3.05, 3.63) is 29.1 Å². The molecule has 2 aromatic heterocycles. The minimum atomic E-state index is -0.124. The van der Waals surface area contributed by atoms with Crippen LogP contribution in [0.2, 0.25) is 0 Å². The highest BCUT2D eigenvalue weighted by molar-refractivity contribution is 5.85. The summed E-state index contributed by atoms with van der Waals surface area (Å²) in [5.74, 6) is 1.61. The van der Waals surface area contributed by atoms with E-state index >= 15 is 0 Å². The molecule has 1 atom stereocenters. The van der Waals surface area contributed by atoms with Crippen LogP contribution >= 0.6 is 0 Å². The monoisotopic (exact) mass is 446 g/mol. The van der Waals surface area contributed by atoms with Crippen molar-refractivity contribution in [3.63, 3.8) is 0 Å². The van der Waals surface area contributed by atoms with E-state index in [-0.39, 0.29) is 23.8 Å². The van der Waals surface area contributed by atoms with Crippen LogP contribution in [0.15, 0.2) is 17.3 Å². The maximum absolute atomic E-state index is 12.8. The number of methoxy groups -OCH3 is 1. The Morgan fingerprint density at radius 3 is 2.85 bits per heavy atom. The van der Waals surface area contributed by atoms with Gasteiger partial charge in [-0.2, -0.15) is 10.2 Å². The first-order valence-electron chi connectivity index (χ1n) is 11.5. The Bertz CT molecular complexity index is 1140. The zero-order chi connectivity index (χ0) is 22.8. The van der Waals surface area contributed by atoms with Crippen LogP contribution in [-0.2, 0) is 11.2 Å². The summed E-state index contributed by atoms with van der Waals surface area (Å²) in [6, 6.07) is 3.77. The van der Waals surface area contributed by atoms with Crippen LogP contribution in [0.25, 0.3) is 11.4 Å². The van der Waals surface area contributed by atoms with E-state index in [0.717, 1.165) is 43.4 Å². The Labute approximate surface area is 192 Å². The molecule has 1 saturated heterocycles. The molecule has 2 aliphatic heterocycles.